The van der Waals surface area contributed by atoms with Crippen molar-refractivity contribution in [2.75, 3.05) is 5.32 Å². The topological polar surface area (TPSA) is 82.5 Å². The minimum absolute atomic E-state index is 0.0801. The largest absolute Gasteiger partial charge is 0.505 e. The molecule has 0 saturated carbocycles. The lowest BCUT2D eigenvalue weighted by Gasteiger charge is -2.16. The Balaban J connectivity index is 1.60. The van der Waals surface area contributed by atoms with Gasteiger partial charge >= 0.3 is 0 Å². The molecule has 0 aliphatic carbocycles. The van der Waals surface area contributed by atoms with Crippen LogP contribution in [-0.4, -0.2) is 26.8 Å². The molecule has 2 amide bonds. The third-order valence-corrected chi connectivity index (χ3v) is 5.54. The molecule has 1 aliphatic rings. The quantitative estimate of drug-likeness (QED) is 0.503. The number of fused-ring (bicyclic) bond motifs is 2. The molecule has 7 heteroatoms. The first-order chi connectivity index (χ1) is 15.5. The number of anilines is 1. The number of halogens is 1. The van der Waals surface area contributed by atoms with Crippen LogP contribution in [0, 0.1) is 5.82 Å². The van der Waals surface area contributed by atoms with Gasteiger partial charge in [-0.15, -0.1) is 0 Å². The van der Waals surface area contributed by atoms with Crippen molar-refractivity contribution >= 4 is 28.4 Å². The van der Waals surface area contributed by atoms with E-state index >= 15 is 0 Å². The van der Waals surface area contributed by atoms with E-state index < -0.39 is 5.91 Å². The van der Waals surface area contributed by atoms with Crippen LogP contribution >= 0.6 is 0 Å². The molecule has 0 spiro atoms. The highest BCUT2D eigenvalue weighted by Crippen LogP contribution is 2.40. The maximum Gasteiger partial charge on any atom is 0.258 e. The molecule has 1 aromatic heterocycles. The van der Waals surface area contributed by atoms with Gasteiger partial charge < -0.3 is 15.3 Å². The van der Waals surface area contributed by atoms with E-state index in [1.165, 1.54) is 23.2 Å². The van der Waals surface area contributed by atoms with Crippen molar-refractivity contribution in [3.8, 4) is 5.75 Å². The summed E-state index contributed by atoms with van der Waals surface area (Å²) in [5, 5.41) is 14.2. The molecule has 0 unspecified atom stereocenters. The lowest BCUT2D eigenvalue weighted by atomic mass is 9.96. The van der Waals surface area contributed by atoms with Crippen LogP contribution < -0.4 is 5.32 Å². The Morgan fingerprint density at radius 1 is 1.06 bits per heavy atom. The number of hydrogen-bond acceptors (Lipinski definition) is 4. The van der Waals surface area contributed by atoms with E-state index in [0.717, 1.165) is 5.56 Å². The lowest BCUT2D eigenvalue weighted by Crippen LogP contribution is -2.23. The smallest absolute Gasteiger partial charge is 0.258 e. The van der Waals surface area contributed by atoms with Gasteiger partial charge in [0.1, 0.15) is 11.3 Å². The molecule has 3 aromatic carbocycles. The molecule has 32 heavy (non-hydrogen) atoms. The second-order valence-electron chi connectivity index (χ2n) is 7.58. The van der Waals surface area contributed by atoms with Gasteiger partial charge in [0.15, 0.2) is 5.75 Å². The number of rotatable bonds is 4. The van der Waals surface area contributed by atoms with Gasteiger partial charge in [0.25, 0.3) is 11.8 Å². The number of aromatic nitrogens is 1. The zero-order valence-electron chi connectivity index (χ0n) is 16.9. The van der Waals surface area contributed by atoms with Crippen molar-refractivity contribution in [1.29, 1.82) is 0 Å². The molecular formula is C25H18FN3O3. The van der Waals surface area contributed by atoms with Crippen LogP contribution in [0.25, 0.3) is 10.9 Å². The molecule has 6 nitrogen and oxygen atoms in total. The predicted octanol–water partition coefficient (Wildman–Crippen LogP) is 4.49. The number of hydrogen-bond donors (Lipinski definition) is 2. The van der Waals surface area contributed by atoms with Gasteiger partial charge in [-0.05, 0) is 35.9 Å². The molecule has 158 valence electrons. The number of nitrogens with one attached hydrogen (secondary N) is 1. The molecule has 0 radical (unpaired) electrons. The van der Waals surface area contributed by atoms with Gasteiger partial charge in [0.2, 0.25) is 0 Å². The van der Waals surface area contributed by atoms with E-state index in [-0.39, 0.29) is 41.6 Å². The number of para-hydroxylation sites is 1. The van der Waals surface area contributed by atoms with E-state index in [4.69, 9.17) is 0 Å². The molecule has 1 aliphatic heterocycles. The maximum absolute atomic E-state index is 13.3. The number of carbonyl (C=O) groups excluding carboxylic acids is 2. The molecule has 2 heterocycles. The Hall–Kier alpha value is -4.26. The summed E-state index contributed by atoms with van der Waals surface area (Å²) in [5.74, 6) is -1.39. The predicted molar refractivity (Wildman–Crippen MR) is 118 cm³/mol. The second kappa shape index (κ2) is 7.77. The second-order valence-corrected chi connectivity index (χ2v) is 7.58. The zero-order valence-corrected chi connectivity index (χ0v) is 16.9. The Morgan fingerprint density at radius 3 is 2.56 bits per heavy atom. The van der Waals surface area contributed by atoms with Gasteiger partial charge in [-0.3, -0.25) is 14.6 Å². The van der Waals surface area contributed by atoms with E-state index in [1.54, 1.807) is 36.4 Å². The van der Waals surface area contributed by atoms with Crippen molar-refractivity contribution in [3.05, 3.63) is 101 Å². The van der Waals surface area contributed by atoms with E-state index in [2.05, 4.69) is 10.3 Å². The van der Waals surface area contributed by atoms with Crippen LogP contribution in [0.2, 0.25) is 0 Å². The lowest BCUT2D eigenvalue weighted by molar-refractivity contribution is 0.0764. The van der Waals surface area contributed by atoms with Gasteiger partial charge in [-0.25, -0.2) is 4.39 Å². The monoisotopic (exact) mass is 427 g/mol. The fourth-order valence-electron chi connectivity index (χ4n) is 4.07. The summed E-state index contributed by atoms with van der Waals surface area (Å²) < 4.78 is 13.3. The normalized spacial score (nSPS) is 12.8. The molecule has 0 bridgehead atoms. The number of amides is 2. The van der Waals surface area contributed by atoms with Gasteiger partial charge in [0, 0.05) is 35.9 Å². The highest BCUT2D eigenvalue weighted by atomic mass is 19.1. The third kappa shape index (κ3) is 3.33. The maximum atomic E-state index is 13.3. The van der Waals surface area contributed by atoms with Gasteiger partial charge in [0.05, 0.1) is 11.1 Å². The van der Waals surface area contributed by atoms with E-state index in [1.807, 2.05) is 18.2 Å². The summed E-state index contributed by atoms with van der Waals surface area (Å²) in [6.45, 7) is 0.359. The summed E-state index contributed by atoms with van der Waals surface area (Å²) in [4.78, 5) is 32.3. The number of nitrogens with zero attached hydrogens (tertiary/aromatic N) is 2. The van der Waals surface area contributed by atoms with Crippen molar-refractivity contribution in [3.63, 3.8) is 0 Å². The summed E-state index contributed by atoms with van der Waals surface area (Å²) in [6, 6.07) is 18.3. The summed E-state index contributed by atoms with van der Waals surface area (Å²) in [7, 11) is 0. The summed E-state index contributed by atoms with van der Waals surface area (Å²) in [6.07, 6.45) is 1.50. The molecule has 2 N–H and O–H groups in total. The van der Waals surface area contributed by atoms with E-state index in [0.29, 0.717) is 22.2 Å². The SMILES string of the molecule is O=C(Nc1ccccc1)c1c2c(c(O)c3ncccc13)C(=O)N(Cc1ccc(F)cc1)C2. The van der Waals surface area contributed by atoms with Crippen LogP contribution in [0.5, 0.6) is 5.75 Å². The molecule has 4 aromatic rings. The average Bonchev–Trinajstić information content (AvgIpc) is 3.12. The highest BCUT2D eigenvalue weighted by Gasteiger charge is 2.36. The van der Waals surface area contributed by atoms with Gasteiger partial charge in [-0.1, -0.05) is 36.4 Å². The molecule has 5 rings (SSSR count). The minimum Gasteiger partial charge on any atom is -0.505 e. The van der Waals surface area contributed by atoms with Crippen molar-refractivity contribution in [1.82, 2.24) is 9.88 Å². The van der Waals surface area contributed by atoms with Crippen molar-refractivity contribution in [2.45, 2.75) is 13.1 Å². The highest BCUT2D eigenvalue weighted by molar-refractivity contribution is 6.19. The molecule has 0 fully saturated rings. The number of benzene rings is 3. The van der Waals surface area contributed by atoms with Crippen molar-refractivity contribution in [2.24, 2.45) is 0 Å². The van der Waals surface area contributed by atoms with E-state index in [9.17, 15) is 19.1 Å². The molecular weight excluding hydrogens is 409 g/mol. The Kier molecular flexibility index (Phi) is 4.78. The van der Waals surface area contributed by atoms with Crippen LogP contribution in [0.1, 0.15) is 31.8 Å². The number of pyridine rings is 1. The standard InChI is InChI=1S/C25H18FN3O3/c26-16-10-8-15(9-11-16)13-29-14-19-20(24(31)28-17-5-2-1-3-6-17)18-7-4-12-27-22(18)23(30)21(19)25(29)32/h1-12,30H,13-14H2,(H,28,31). The Morgan fingerprint density at radius 2 is 1.81 bits per heavy atom. The van der Waals surface area contributed by atoms with Crippen LogP contribution in [0.4, 0.5) is 10.1 Å². The average molecular weight is 427 g/mol. The molecule has 0 saturated heterocycles. The van der Waals surface area contributed by atoms with Crippen LogP contribution in [0.3, 0.4) is 0 Å². The number of aromatic hydroxyl groups is 1. The first-order valence-electron chi connectivity index (χ1n) is 10.1. The Bertz CT molecular complexity index is 1350. The first kappa shape index (κ1) is 19.7. The number of phenolic OH excluding ortho intramolecular Hbond substituents is 1. The number of carbonyl (C=O) groups is 2. The Labute approximate surface area is 182 Å². The minimum atomic E-state index is -0.400. The first-order valence-corrected chi connectivity index (χ1v) is 10.1. The molecule has 0 atom stereocenters. The van der Waals surface area contributed by atoms with Crippen molar-refractivity contribution < 1.29 is 19.1 Å². The van der Waals surface area contributed by atoms with Crippen LogP contribution in [-0.2, 0) is 13.1 Å². The number of phenols is 1. The fourth-order valence-corrected chi connectivity index (χ4v) is 4.07. The third-order valence-electron chi connectivity index (χ3n) is 5.54. The fraction of sp³-hybridized carbons (Fsp3) is 0.0800. The summed E-state index contributed by atoms with van der Waals surface area (Å²) in [5.41, 5.74) is 2.38. The van der Waals surface area contributed by atoms with Gasteiger partial charge in [-0.2, -0.15) is 0 Å². The zero-order chi connectivity index (χ0) is 22.2. The summed E-state index contributed by atoms with van der Waals surface area (Å²) >= 11 is 0. The van der Waals surface area contributed by atoms with Crippen LogP contribution in [0.15, 0.2) is 72.9 Å².